The minimum atomic E-state index is 0.0261. The van der Waals surface area contributed by atoms with Gasteiger partial charge in [0.05, 0.1) is 4.83 Å². The molecule has 4 aliphatic carbocycles. The van der Waals surface area contributed by atoms with Crippen LogP contribution in [-0.2, 0) is 4.79 Å². The highest BCUT2D eigenvalue weighted by atomic mass is 79.9. The lowest BCUT2D eigenvalue weighted by atomic mass is 9.47. The van der Waals surface area contributed by atoms with Crippen molar-refractivity contribution in [2.45, 2.75) is 141 Å². The molecule has 0 aromatic carbocycles. The maximum atomic E-state index is 12.5. The van der Waals surface area contributed by atoms with Gasteiger partial charge in [0.15, 0.2) is 0 Å². The average Bonchev–Trinajstić information content (AvgIpc) is 3.17. The fourth-order valence-electron chi connectivity index (χ4n) is 8.89. The zero-order chi connectivity index (χ0) is 24.3. The van der Waals surface area contributed by atoms with E-state index in [0.29, 0.717) is 21.2 Å². The molecule has 0 radical (unpaired) electrons. The van der Waals surface area contributed by atoms with Crippen molar-refractivity contribution in [2.75, 3.05) is 0 Å². The molecule has 0 aromatic heterocycles. The Morgan fingerprint density at radius 3 is 2.56 bits per heavy atom. The van der Waals surface area contributed by atoms with Crippen molar-refractivity contribution >= 4 is 32.8 Å². The number of halogens is 1. The quantitative estimate of drug-likeness (QED) is 0.153. The van der Waals surface area contributed by atoms with Crippen LogP contribution >= 0.6 is 27.7 Å². The van der Waals surface area contributed by atoms with Gasteiger partial charge >= 0.3 is 0 Å². The van der Waals surface area contributed by atoms with E-state index in [4.69, 9.17) is 0 Å². The summed E-state index contributed by atoms with van der Waals surface area (Å²) in [5.41, 5.74) is 2.73. The lowest BCUT2D eigenvalue weighted by Gasteiger charge is -2.58. The number of carbonyl (C=O) groups excluding carboxylic acids is 1. The van der Waals surface area contributed by atoms with Crippen molar-refractivity contribution in [1.82, 2.24) is 0 Å². The molecule has 0 unspecified atom stereocenters. The van der Waals surface area contributed by atoms with E-state index in [0.717, 1.165) is 36.5 Å². The maximum absolute atomic E-state index is 12.5. The second-order valence-corrected chi connectivity index (χ2v) is 15.2. The fraction of sp³-hybridized carbons (Fsp3) is 0.903. The van der Waals surface area contributed by atoms with Gasteiger partial charge in [0.25, 0.3) is 0 Å². The molecule has 3 heteroatoms. The maximum Gasteiger partial charge on any atom is 0.202 e. The predicted molar refractivity (Wildman–Crippen MR) is 153 cm³/mol. The number of fused-ring (bicyclic) bond motifs is 5. The molecule has 3 fully saturated rings. The Labute approximate surface area is 223 Å². The van der Waals surface area contributed by atoms with Gasteiger partial charge in [-0.05, 0) is 98.7 Å². The first kappa shape index (κ1) is 27.3. The first-order valence-corrected chi connectivity index (χ1v) is 16.7. The topological polar surface area (TPSA) is 17.1 Å². The van der Waals surface area contributed by atoms with Crippen LogP contribution in [0.5, 0.6) is 0 Å². The molecule has 0 bridgehead atoms. The Morgan fingerprint density at radius 1 is 1.03 bits per heavy atom. The smallest absolute Gasteiger partial charge is 0.202 e. The normalized spacial score (nSPS) is 40.1. The van der Waals surface area contributed by atoms with Gasteiger partial charge in [0.2, 0.25) is 5.12 Å². The van der Waals surface area contributed by atoms with E-state index >= 15 is 0 Å². The summed E-state index contributed by atoms with van der Waals surface area (Å²) in [6.45, 7) is 9.73. The van der Waals surface area contributed by atoms with E-state index in [1.54, 1.807) is 17.3 Å². The van der Waals surface area contributed by atoms with E-state index in [2.05, 4.69) is 49.7 Å². The monoisotopic (exact) mass is 550 g/mol. The van der Waals surface area contributed by atoms with Crippen LogP contribution in [0.1, 0.15) is 130 Å². The van der Waals surface area contributed by atoms with E-state index in [1.807, 2.05) is 0 Å². The Hall–Kier alpha value is 0.240. The first-order valence-electron chi connectivity index (χ1n) is 14.9. The van der Waals surface area contributed by atoms with Crippen LogP contribution in [-0.4, -0.2) is 15.2 Å². The molecule has 0 aromatic rings. The number of hydrogen-bond acceptors (Lipinski definition) is 2. The van der Waals surface area contributed by atoms with Gasteiger partial charge in [-0.15, -0.1) is 0 Å². The molecule has 4 rings (SSSR count). The molecule has 3 saturated carbocycles. The van der Waals surface area contributed by atoms with Crippen LogP contribution in [0.2, 0.25) is 0 Å². The van der Waals surface area contributed by atoms with Gasteiger partial charge in [0.1, 0.15) is 0 Å². The lowest BCUT2D eigenvalue weighted by Crippen LogP contribution is -2.50. The van der Waals surface area contributed by atoms with Gasteiger partial charge in [-0.25, -0.2) is 0 Å². The highest BCUT2D eigenvalue weighted by Gasteiger charge is 2.58. The average molecular weight is 552 g/mol. The van der Waals surface area contributed by atoms with Gasteiger partial charge in [-0.2, -0.15) is 0 Å². The van der Waals surface area contributed by atoms with Gasteiger partial charge < -0.3 is 0 Å². The molecule has 0 heterocycles. The van der Waals surface area contributed by atoms with Crippen molar-refractivity contribution in [3.05, 3.63) is 11.6 Å². The van der Waals surface area contributed by atoms with E-state index in [-0.39, 0.29) is 4.83 Å². The molecular formula is C31H51BrOS. The summed E-state index contributed by atoms with van der Waals surface area (Å²) in [5, 5.41) is 0.846. The first-order chi connectivity index (χ1) is 16.3. The molecule has 194 valence electrons. The number of alkyl halides is 1. The van der Waals surface area contributed by atoms with Gasteiger partial charge in [-0.1, -0.05) is 106 Å². The lowest BCUT2D eigenvalue weighted by molar-refractivity contribution is -0.110. The summed E-state index contributed by atoms with van der Waals surface area (Å²) >= 11 is 5.21. The van der Waals surface area contributed by atoms with Gasteiger partial charge in [-0.3, -0.25) is 4.79 Å². The Morgan fingerprint density at radius 2 is 1.79 bits per heavy atom. The van der Waals surface area contributed by atoms with Crippen molar-refractivity contribution in [2.24, 2.45) is 34.5 Å². The Kier molecular flexibility index (Phi) is 9.42. The van der Waals surface area contributed by atoms with Crippen LogP contribution < -0.4 is 0 Å². The van der Waals surface area contributed by atoms with Crippen molar-refractivity contribution in [1.29, 1.82) is 0 Å². The van der Waals surface area contributed by atoms with Gasteiger partial charge in [0, 0.05) is 5.25 Å². The van der Waals surface area contributed by atoms with Crippen molar-refractivity contribution < 1.29 is 4.79 Å². The van der Waals surface area contributed by atoms with E-state index in [9.17, 15) is 4.79 Å². The fourth-order valence-corrected chi connectivity index (χ4v) is 10.4. The van der Waals surface area contributed by atoms with Crippen LogP contribution in [0.4, 0.5) is 0 Å². The minimum Gasteiger partial charge on any atom is -0.286 e. The molecule has 4 aliphatic rings. The Bertz CT molecular complexity index is 733. The number of allylic oxidation sites excluding steroid dienone is 2. The second kappa shape index (κ2) is 11.7. The van der Waals surface area contributed by atoms with E-state index in [1.165, 1.54) is 89.9 Å². The highest BCUT2D eigenvalue weighted by Crippen LogP contribution is 2.67. The largest absolute Gasteiger partial charge is 0.286 e. The summed E-state index contributed by atoms with van der Waals surface area (Å²) in [6, 6.07) is 0. The van der Waals surface area contributed by atoms with Crippen LogP contribution in [0.15, 0.2) is 11.6 Å². The van der Waals surface area contributed by atoms with Crippen LogP contribution in [0, 0.1) is 34.5 Å². The highest BCUT2D eigenvalue weighted by molar-refractivity contribution is 9.10. The zero-order valence-electron chi connectivity index (χ0n) is 22.5. The third-order valence-electron chi connectivity index (χ3n) is 11.1. The van der Waals surface area contributed by atoms with Crippen LogP contribution in [0.3, 0.4) is 0 Å². The molecule has 8 atom stereocenters. The number of rotatable bonds is 10. The summed E-state index contributed by atoms with van der Waals surface area (Å²) < 4.78 is 0. The number of carbonyl (C=O) groups is 1. The molecule has 0 amide bonds. The summed E-state index contributed by atoms with van der Waals surface area (Å²) in [6.07, 6.45) is 24.6. The number of hydrogen-bond donors (Lipinski definition) is 0. The predicted octanol–water partition coefficient (Wildman–Crippen LogP) is 10.1. The van der Waals surface area contributed by atoms with E-state index < -0.39 is 0 Å². The standard InChI is InChI=1S/C31H51BrOS/c1-5-7-8-9-10-11-12-22-14-16-26-25-15-13-23-21-24(34-29(33)28(32)6-2)17-19-31(23,4)27(25)18-20-30(22,26)3/h13,22,24-28H,5-12,14-21H2,1-4H3/t22-,24+,25+,26-,27+,28-,30-,31+/m1/s1. The van der Waals surface area contributed by atoms with Crippen LogP contribution in [0.25, 0.3) is 0 Å². The molecule has 34 heavy (non-hydrogen) atoms. The third-order valence-corrected chi connectivity index (χ3v) is 13.7. The number of unbranched alkanes of at least 4 members (excludes halogenated alkanes) is 5. The zero-order valence-corrected chi connectivity index (χ0v) is 25.0. The molecular weight excluding hydrogens is 500 g/mol. The third kappa shape index (κ3) is 5.41. The number of thioether (sulfide) groups is 1. The molecule has 0 N–H and O–H groups in total. The minimum absolute atomic E-state index is 0.0261. The molecule has 0 saturated heterocycles. The molecule has 1 nitrogen and oxygen atoms in total. The molecule has 0 aliphatic heterocycles. The summed E-state index contributed by atoms with van der Waals surface area (Å²) in [4.78, 5) is 12.6. The molecule has 0 spiro atoms. The summed E-state index contributed by atoms with van der Waals surface area (Å²) in [5.74, 6) is 3.74. The SMILES string of the molecule is CCCCCCCC[C@@H]1CC[C@@H]2[C@@H]3CC=C4C[C@@H](SC(=O)[C@H](Br)CC)CC[C@]4(C)[C@H]3CC[C@]12C. The Balaban J connectivity index is 1.37. The van der Waals surface area contributed by atoms with Crippen molar-refractivity contribution in [3.8, 4) is 0 Å². The summed E-state index contributed by atoms with van der Waals surface area (Å²) in [7, 11) is 0. The second-order valence-electron chi connectivity index (χ2n) is 12.8. The van der Waals surface area contributed by atoms with Crippen molar-refractivity contribution in [3.63, 3.8) is 0 Å².